The Kier molecular flexibility index (Phi) is 5.93. The van der Waals surface area contributed by atoms with Gasteiger partial charge in [0.15, 0.2) is 5.82 Å². The van der Waals surface area contributed by atoms with Crippen LogP contribution in [0.5, 0.6) is 0 Å². The standard InChI is InChI=1S/C21H20F2N4O/c1-3-27(2)20-18(21(28)25-12-14-4-8-16(22)9-5-14)13-24-19(26-20)15-6-10-17(23)11-7-15/h4-11,13H,3,12H2,1-2H3,(H,25,28). The third-order valence-corrected chi connectivity index (χ3v) is 4.32. The Morgan fingerprint density at radius 1 is 1.04 bits per heavy atom. The number of rotatable bonds is 6. The highest BCUT2D eigenvalue weighted by Gasteiger charge is 2.18. The van der Waals surface area contributed by atoms with Crippen LogP contribution in [0.4, 0.5) is 14.6 Å². The van der Waals surface area contributed by atoms with Crippen molar-refractivity contribution in [3.63, 3.8) is 0 Å². The molecule has 144 valence electrons. The minimum absolute atomic E-state index is 0.258. The van der Waals surface area contributed by atoms with E-state index in [-0.39, 0.29) is 24.1 Å². The second-order valence-corrected chi connectivity index (χ2v) is 6.26. The van der Waals surface area contributed by atoms with Crippen molar-refractivity contribution in [2.24, 2.45) is 0 Å². The maximum Gasteiger partial charge on any atom is 0.256 e. The van der Waals surface area contributed by atoms with E-state index in [1.165, 1.54) is 30.5 Å². The fraction of sp³-hybridized carbons (Fsp3) is 0.190. The van der Waals surface area contributed by atoms with E-state index in [4.69, 9.17) is 0 Å². The number of amides is 1. The van der Waals surface area contributed by atoms with Gasteiger partial charge in [0.05, 0.1) is 0 Å². The van der Waals surface area contributed by atoms with Gasteiger partial charge in [-0.25, -0.2) is 18.7 Å². The Hall–Kier alpha value is -3.35. The van der Waals surface area contributed by atoms with Crippen LogP contribution in [0.25, 0.3) is 11.4 Å². The average Bonchev–Trinajstić information content (AvgIpc) is 2.72. The topological polar surface area (TPSA) is 58.1 Å². The van der Waals surface area contributed by atoms with Crippen LogP contribution in [0, 0.1) is 11.6 Å². The van der Waals surface area contributed by atoms with Crippen molar-refractivity contribution in [2.75, 3.05) is 18.5 Å². The summed E-state index contributed by atoms with van der Waals surface area (Å²) in [6, 6.07) is 11.8. The van der Waals surface area contributed by atoms with Crippen LogP contribution in [-0.2, 0) is 6.54 Å². The summed E-state index contributed by atoms with van der Waals surface area (Å²) in [7, 11) is 1.83. The Balaban J connectivity index is 1.85. The molecule has 0 fully saturated rings. The van der Waals surface area contributed by atoms with Crippen LogP contribution in [0.3, 0.4) is 0 Å². The zero-order valence-electron chi connectivity index (χ0n) is 15.6. The molecule has 0 bridgehead atoms. The number of nitrogens with one attached hydrogen (secondary N) is 1. The van der Waals surface area contributed by atoms with Gasteiger partial charge in [-0.15, -0.1) is 0 Å². The minimum atomic E-state index is -0.341. The monoisotopic (exact) mass is 382 g/mol. The second-order valence-electron chi connectivity index (χ2n) is 6.26. The minimum Gasteiger partial charge on any atom is -0.359 e. The lowest BCUT2D eigenvalue weighted by Gasteiger charge is -2.19. The predicted octanol–water partition coefficient (Wildman–Crippen LogP) is 3.81. The molecule has 1 N–H and O–H groups in total. The maximum absolute atomic E-state index is 13.2. The van der Waals surface area contributed by atoms with Crippen molar-refractivity contribution in [3.8, 4) is 11.4 Å². The number of hydrogen-bond donors (Lipinski definition) is 1. The van der Waals surface area contributed by atoms with E-state index in [0.29, 0.717) is 29.3 Å². The summed E-state index contributed by atoms with van der Waals surface area (Å²) >= 11 is 0. The molecule has 0 atom stereocenters. The molecule has 0 spiro atoms. The normalized spacial score (nSPS) is 10.6. The Morgan fingerprint density at radius 2 is 1.64 bits per heavy atom. The number of aromatic nitrogens is 2. The molecule has 7 heteroatoms. The lowest BCUT2D eigenvalue weighted by atomic mass is 10.2. The highest BCUT2D eigenvalue weighted by Crippen LogP contribution is 2.22. The highest BCUT2D eigenvalue weighted by atomic mass is 19.1. The van der Waals surface area contributed by atoms with Crippen molar-refractivity contribution in [2.45, 2.75) is 13.5 Å². The smallest absolute Gasteiger partial charge is 0.256 e. The number of nitrogens with zero attached hydrogens (tertiary/aromatic N) is 3. The number of carbonyl (C=O) groups excluding carboxylic acids is 1. The van der Waals surface area contributed by atoms with Gasteiger partial charge in [-0.2, -0.15) is 0 Å². The molecule has 0 aliphatic carbocycles. The molecule has 1 amide bonds. The first-order valence-corrected chi connectivity index (χ1v) is 8.84. The first-order valence-electron chi connectivity index (χ1n) is 8.84. The second kappa shape index (κ2) is 8.56. The fourth-order valence-corrected chi connectivity index (χ4v) is 2.59. The largest absolute Gasteiger partial charge is 0.359 e. The van der Waals surface area contributed by atoms with E-state index in [1.54, 1.807) is 24.3 Å². The molecule has 0 radical (unpaired) electrons. The SMILES string of the molecule is CCN(C)c1nc(-c2ccc(F)cc2)ncc1C(=O)NCc1ccc(F)cc1. The zero-order chi connectivity index (χ0) is 20.1. The third-order valence-electron chi connectivity index (χ3n) is 4.32. The van der Waals surface area contributed by atoms with Crippen molar-refractivity contribution in [3.05, 3.63) is 77.5 Å². The number of benzene rings is 2. The zero-order valence-corrected chi connectivity index (χ0v) is 15.6. The number of halogens is 2. The van der Waals surface area contributed by atoms with Gasteiger partial charge in [0.2, 0.25) is 0 Å². The Labute approximate surface area is 162 Å². The molecule has 1 heterocycles. The van der Waals surface area contributed by atoms with E-state index in [2.05, 4.69) is 15.3 Å². The first-order chi connectivity index (χ1) is 13.5. The summed E-state index contributed by atoms with van der Waals surface area (Å²) in [5.41, 5.74) is 1.77. The molecule has 2 aromatic carbocycles. The van der Waals surface area contributed by atoms with Crippen LogP contribution < -0.4 is 10.2 Å². The van der Waals surface area contributed by atoms with Gasteiger partial charge in [0.25, 0.3) is 5.91 Å². The molecule has 0 saturated carbocycles. The number of anilines is 1. The Bertz CT molecular complexity index is 959. The van der Waals surface area contributed by atoms with Gasteiger partial charge in [0, 0.05) is 31.9 Å². The lowest BCUT2D eigenvalue weighted by molar-refractivity contribution is 0.0950. The molecular weight excluding hydrogens is 362 g/mol. The van der Waals surface area contributed by atoms with E-state index in [0.717, 1.165) is 5.56 Å². The molecule has 0 saturated heterocycles. The van der Waals surface area contributed by atoms with Crippen molar-refractivity contribution >= 4 is 11.7 Å². The molecule has 0 aliphatic rings. The van der Waals surface area contributed by atoms with Crippen molar-refractivity contribution in [1.82, 2.24) is 15.3 Å². The highest BCUT2D eigenvalue weighted by molar-refractivity contribution is 5.98. The van der Waals surface area contributed by atoms with Crippen LogP contribution in [-0.4, -0.2) is 29.5 Å². The molecule has 28 heavy (non-hydrogen) atoms. The van der Waals surface area contributed by atoms with Crippen molar-refractivity contribution < 1.29 is 13.6 Å². The maximum atomic E-state index is 13.2. The van der Waals surface area contributed by atoms with Gasteiger partial charge >= 0.3 is 0 Å². The van der Waals surface area contributed by atoms with Crippen molar-refractivity contribution in [1.29, 1.82) is 0 Å². The van der Waals surface area contributed by atoms with Gasteiger partial charge in [0.1, 0.15) is 23.0 Å². The summed E-state index contributed by atoms with van der Waals surface area (Å²) in [6.45, 7) is 2.84. The fourth-order valence-electron chi connectivity index (χ4n) is 2.59. The van der Waals surface area contributed by atoms with E-state index < -0.39 is 0 Å². The third kappa shape index (κ3) is 4.49. The first kappa shape index (κ1) is 19.4. The van der Waals surface area contributed by atoms with Crippen LogP contribution in [0.15, 0.2) is 54.7 Å². The molecule has 3 aromatic rings. The molecule has 5 nitrogen and oxygen atoms in total. The van der Waals surface area contributed by atoms with E-state index in [9.17, 15) is 13.6 Å². The summed E-state index contributed by atoms with van der Waals surface area (Å²) in [5, 5.41) is 2.80. The van der Waals surface area contributed by atoms with E-state index in [1.807, 2.05) is 18.9 Å². The molecule has 0 unspecified atom stereocenters. The summed E-state index contributed by atoms with van der Waals surface area (Å²) in [6.07, 6.45) is 1.47. The van der Waals surface area contributed by atoms with Crippen LogP contribution in [0.2, 0.25) is 0 Å². The van der Waals surface area contributed by atoms with Crippen LogP contribution >= 0.6 is 0 Å². The summed E-state index contributed by atoms with van der Waals surface area (Å²) in [4.78, 5) is 23.3. The van der Waals surface area contributed by atoms with Gasteiger partial charge < -0.3 is 10.2 Å². The summed E-state index contributed by atoms with van der Waals surface area (Å²) in [5.74, 6) is -0.109. The Morgan fingerprint density at radius 3 is 2.25 bits per heavy atom. The van der Waals surface area contributed by atoms with Gasteiger partial charge in [-0.3, -0.25) is 4.79 Å². The van der Waals surface area contributed by atoms with Gasteiger partial charge in [-0.05, 0) is 48.9 Å². The summed E-state index contributed by atoms with van der Waals surface area (Å²) < 4.78 is 26.2. The molecular formula is C21H20F2N4O. The van der Waals surface area contributed by atoms with Crippen LogP contribution in [0.1, 0.15) is 22.8 Å². The van der Waals surface area contributed by atoms with E-state index >= 15 is 0 Å². The predicted molar refractivity (Wildman–Crippen MR) is 104 cm³/mol. The molecule has 0 aliphatic heterocycles. The lowest BCUT2D eigenvalue weighted by Crippen LogP contribution is -2.28. The quantitative estimate of drug-likeness (QED) is 0.704. The molecule has 3 rings (SSSR count). The number of carbonyl (C=O) groups is 1. The van der Waals surface area contributed by atoms with Gasteiger partial charge in [-0.1, -0.05) is 12.1 Å². The average molecular weight is 382 g/mol. The number of hydrogen-bond acceptors (Lipinski definition) is 4. The molecule has 1 aromatic heterocycles.